The minimum atomic E-state index is -1.14. The number of carboxylic acids is 1. The molecule has 0 N–H and O–H groups in total. The maximum absolute atomic E-state index is 12.7. The van der Waals surface area contributed by atoms with Crippen molar-refractivity contribution in [3.05, 3.63) is 85.1 Å². The second-order valence-corrected chi connectivity index (χ2v) is 15.6. The van der Waals surface area contributed by atoms with Gasteiger partial charge in [0.15, 0.2) is 6.10 Å². The lowest BCUT2D eigenvalue weighted by Gasteiger charge is -2.34. The summed E-state index contributed by atoms with van der Waals surface area (Å²) in [6.45, 7) is 4.35. The zero-order chi connectivity index (χ0) is 42.1. The van der Waals surface area contributed by atoms with E-state index in [1.807, 2.05) is 36.5 Å². The van der Waals surface area contributed by atoms with Gasteiger partial charge in [-0.2, -0.15) is 0 Å². The quantitative estimate of drug-likeness (QED) is 0.0202. The van der Waals surface area contributed by atoms with Crippen molar-refractivity contribution in [2.45, 2.75) is 167 Å². The number of ether oxygens (including phenoxy) is 3. The molecule has 0 aliphatic rings. The largest absolute Gasteiger partial charge is 0.544 e. The van der Waals surface area contributed by atoms with Gasteiger partial charge in [0.25, 0.3) is 0 Å². The van der Waals surface area contributed by atoms with E-state index in [0.29, 0.717) is 12.8 Å². The Labute approximate surface area is 348 Å². The van der Waals surface area contributed by atoms with E-state index in [2.05, 4.69) is 62.5 Å². The van der Waals surface area contributed by atoms with Gasteiger partial charge in [0.2, 0.25) is 0 Å². The molecule has 2 unspecified atom stereocenters. The van der Waals surface area contributed by atoms with Crippen molar-refractivity contribution in [3.8, 4) is 0 Å². The molecule has 0 saturated heterocycles. The van der Waals surface area contributed by atoms with Crippen molar-refractivity contribution < 1.29 is 38.2 Å². The molecule has 57 heavy (non-hydrogen) atoms. The smallest absolute Gasteiger partial charge is 0.306 e. The third-order valence-electron chi connectivity index (χ3n) is 9.37. The molecule has 0 rings (SSSR count). The van der Waals surface area contributed by atoms with Crippen LogP contribution in [-0.2, 0) is 28.6 Å². The molecule has 2 atom stereocenters. The number of hydrogen-bond acceptors (Lipinski definition) is 7. The van der Waals surface area contributed by atoms with Crippen molar-refractivity contribution in [2.24, 2.45) is 0 Å². The Hall–Kier alpha value is -3.49. The highest BCUT2D eigenvalue weighted by molar-refractivity contribution is 5.70. The van der Waals surface area contributed by atoms with Crippen LogP contribution in [0.1, 0.15) is 155 Å². The number of carbonyl (C=O) groups is 3. The van der Waals surface area contributed by atoms with E-state index >= 15 is 0 Å². The number of unbranched alkanes of at least 4 members (excludes halogenated alkanes) is 13. The lowest BCUT2D eigenvalue weighted by atomic mass is 10.1. The predicted octanol–water partition coefficient (Wildman–Crippen LogP) is 10.8. The second-order valence-electron chi connectivity index (χ2n) is 15.6. The number of allylic oxidation sites excluding steroid dienone is 14. The van der Waals surface area contributed by atoms with Crippen LogP contribution in [-0.4, -0.2) is 75.5 Å². The average Bonchev–Trinajstić information content (AvgIpc) is 3.17. The molecular formula is C49H81NO7. The highest BCUT2D eigenvalue weighted by atomic mass is 16.6. The molecule has 0 radical (unpaired) electrons. The van der Waals surface area contributed by atoms with Gasteiger partial charge in [-0.05, 0) is 64.2 Å². The van der Waals surface area contributed by atoms with Crippen LogP contribution in [0.4, 0.5) is 0 Å². The third-order valence-corrected chi connectivity index (χ3v) is 9.37. The fourth-order valence-corrected chi connectivity index (χ4v) is 5.98. The summed E-state index contributed by atoms with van der Waals surface area (Å²) in [7, 11) is 5.38. The molecule has 0 aliphatic carbocycles. The van der Waals surface area contributed by atoms with E-state index in [9.17, 15) is 19.5 Å². The van der Waals surface area contributed by atoms with Gasteiger partial charge >= 0.3 is 11.9 Å². The number of aliphatic carboxylic acids is 1. The first-order valence-electron chi connectivity index (χ1n) is 22.2. The number of nitrogens with zero attached hydrogens (tertiary/aromatic N) is 1. The molecule has 0 heterocycles. The van der Waals surface area contributed by atoms with E-state index in [1.54, 1.807) is 21.1 Å². The second kappa shape index (κ2) is 39.3. The minimum absolute atomic E-state index is 0.0187. The summed E-state index contributed by atoms with van der Waals surface area (Å²) >= 11 is 0. The Morgan fingerprint density at radius 2 is 1.02 bits per heavy atom. The molecule has 0 fully saturated rings. The van der Waals surface area contributed by atoms with Crippen LogP contribution in [0.25, 0.3) is 0 Å². The van der Waals surface area contributed by atoms with E-state index in [4.69, 9.17) is 14.2 Å². The van der Waals surface area contributed by atoms with E-state index in [0.717, 1.165) is 64.2 Å². The summed E-state index contributed by atoms with van der Waals surface area (Å²) < 4.78 is 17.1. The summed E-state index contributed by atoms with van der Waals surface area (Å²) in [6, 6.07) is -0.738. The van der Waals surface area contributed by atoms with Crippen LogP contribution in [0, 0.1) is 0 Å². The standard InChI is InChI=1S/C49H81NO7/c1-6-8-10-12-14-16-18-20-21-22-23-24-25-26-28-29-31-33-35-37-39-47(51)56-44-45(43-55-42-41-46(49(53)54)50(3,4)5)57-48(52)40-38-36-34-32-30-27-19-17-15-13-11-9-7-2/h8-11,13-17,19-21,27,30,45-46H,6-7,12,18,22-26,28-29,31-44H2,1-5H3/b10-8+,11-9+,15-13+,16-14+,19-17+,21-20+,30-27+. The topological polar surface area (TPSA) is 102 Å². The Morgan fingerprint density at radius 3 is 1.60 bits per heavy atom. The maximum Gasteiger partial charge on any atom is 0.306 e. The van der Waals surface area contributed by atoms with Crippen LogP contribution in [0.5, 0.6) is 0 Å². The fourth-order valence-electron chi connectivity index (χ4n) is 5.98. The van der Waals surface area contributed by atoms with Gasteiger partial charge in [0.1, 0.15) is 12.6 Å². The van der Waals surface area contributed by atoms with Crippen molar-refractivity contribution in [1.29, 1.82) is 0 Å². The molecule has 0 spiro atoms. The Morgan fingerprint density at radius 1 is 0.544 bits per heavy atom. The molecule has 0 aromatic carbocycles. The monoisotopic (exact) mass is 796 g/mol. The average molecular weight is 796 g/mol. The van der Waals surface area contributed by atoms with Crippen LogP contribution in [0.3, 0.4) is 0 Å². The van der Waals surface area contributed by atoms with Crippen LogP contribution in [0.2, 0.25) is 0 Å². The molecule has 8 nitrogen and oxygen atoms in total. The van der Waals surface area contributed by atoms with Crippen LogP contribution in [0.15, 0.2) is 85.1 Å². The van der Waals surface area contributed by atoms with Crippen molar-refractivity contribution >= 4 is 17.9 Å². The van der Waals surface area contributed by atoms with Crippen molar-refractivity contribution in [3.63, 3.8) is 0 Å². The van der Waals surface area contributed by atoms with Crippen LogP contribution < -0.4 is 5.11 Å². The van der Waals surface area contributed by atoms with Gasteiger partial charge < -0.3 is 28.6 Å². The molecule has 8 heteroatoms. The third kappa shape index (κ3) is 37.8. The Balaban J connectivity index is 4.35. The summed E-state index contributed by atoms with van der Waals surface area (Å²) in [6.07, 6.45) is 50.4. The molecule has 0 amide bonds. The highest BCUT2D eigenvalue weighted by Gasteiger charge is 2.25. The number of likely N-dealkylation sites (N-methyl/N-ethyl adjacent to an activating group) is 1. The maximum atomic E-state index is 12.7. The summed E-state index contributed by atoms with van der Waals surface area (Å²) in [4.78, 5) is 36.8. The predicted molar refractivity (Wildman–Crippen MR) is 235 cm³/mol. The highest BCUT2D eigenvalue weighted by Crippen LogP contribution is 2.14. The number of carbonyl (C=O) groups excluding carboxylic acids is 3. The van der Waals surface area contributed by atoms with Gasteiger partial charge in [-0.1, -0.05) is 157 Å². The number of quaternary nitrogens is 1. The van der Waals surface area contributed by atoms with E-state index in [-0.39, 0.29) is 49.1 Å². The molecule has 324 valence electrons. The van der Waals surface area contributed by atoms with Gasteiger partial charge in [-0.3, -0.25) is 9.59 Å². The molecule has 0 aromatic rings. The zero-order valence-corrected chi connectivity index (χ0v) is 36.7. The van der Waals surface area contributed by atoms with Crippen LogP contribution >= 0.6 is 0 Å². The summed E-state index contributed by atoms with van der Waals surface area (Å²) in [5.41, 5.74) is 0. The van der Waals surface area contributed by atoms with Gasteiger partial charge in [0, 0.05) is 19.3 Å². The molecule has 0 bridgehead atoms. The fraction of sp³-hybridized carbons (Fsp3) is 0.653. The lowest BCUT2D eigenvalue weighted by molar-refractivity contribution is -0.889. The number of hydrogen-bond donors (Lipinski definition) is 0. The molecule has 0 saturated carbocycles. The van der Waals surface area contributed by atoms with E-state index < -0.39 is 18.1 Å². The van der Waals surface area contributed by atoms with Gasteiger partial charge in [-0.15, -0.1) is 0 Å². The van der Waals surface area contributed by atoms with Gasteiger partial charge in [-0.25, -0.2) is 0 Å². The number of carboxylic acid groups (broad SMARTS) is 1. The van der Waals surface area contributed by atoms with Gasteiger partial charge in [0.05, 0.1) is 40.3 Å². The first-order valence-corrected chi connectivity index (χ1v) is 22.2. The Bertz CT molecular complexity index is 1200. The summed E-state index contributed by atoms with van der Waals surface area (Å²) in [5.74, 6) is -1.80. The first-order chi connectivity index (χ1) is 27.6. The van der Waals surface area contributed by atoms with E-state index in [1.165, 1.54) is 51.4 Å². The lowest BCUT2D eigenvalue weighted by Crippen LogP contribution is -2.55. The first kappa shape index (κ1) is 53.5. The molecular weight excluding hydrogens is 715 g/mol. The normalized spacial score (nSPS) is 13.8. The molecule has 0 aromatic heterocycles. The Kier molecular flexibility index (Phi) is 36.9. The molecule has 0 aliphatic heterocycles. The summed E-state index contributed by atoms with van der Waals surface area (Å²) in [5, 5.41) is 11.6. The van der Waals surface area contributed by atoms with Crippen molar-refractivity contribution in [1.82, 2.24) is 0 Å². The number of esters is 2. The number of rotatable bonds is 38. The van der Waals surface area contributed by atoms with Crippen molar-refractivity contribution in [2.75, 3.05) is 41.0 Å². The SMILES string of the molecule is CC/C=C/C=C/C=C/C=C/CCCCCC(=O)OC(COCCC(C(=O)[O-])[N+](C)(C)C)COC(=O)CCCCCCCCCCCC/C=C/C/C=C/C/C=C/CC. The zero-order valence-electron chi connectivity index (χ0n) is 36.7. The minimum Gasteiger partial charge on any atom is -0.544 e.